The lowest BCUT2D eigenvalue weighted by atomic mass is 9.92. The second kappa shape index (κ2) is 36.7. The first-order valence-corrected chi connectivity index (χ1v) is 31.7. The highest BCUT2D eigenvalue weighted by atomic mass is 32.2. The van der Waals surface area contributed by atoms with Crippen molar-refractivity contribution in [3.05, 3.63) is 71.6 Å². The molecular weight excluding hydrogens is 1100 g/mol. The fraction of sp³-hybridized carbons (Fsp3) is 0.571. The average molecular weight is 1190 g/mol. The number of aliphatic carboxylic acids is 4. The molecule has 84 heavy (non-hydrogen) atoms. The van der Waals surface area contributed by atoms with Gasteiger partial charge >= 0.3 is 29.9 Å². The van der Waals surface area contributed by atoms with E-state index in [2.05, 4.69) is 67.2 Å². The molecule has 3 unspecified atom stereocenters. The number of unbranched alkanes of at least 4 members (excludes halogenated alkanes) is 10. The molecule has 3 amide bonds. The van der Waals surface area contributed by atoms with Gasteiger partial charge in [0.25, 0.3) is 0 Å². The summed E-state index contributed by atoms with van der Waals surface area (Å²) in [5, 5.41) is 49.4. The number of hydrogen-bond acceptors (Lipinski definition) is 13. The van der Waals surface area contributed by atoms with Crippen LogP contribution in [0.3, 0.4) is 0 Å². The van der Waals surface area contributed by atoms with Crippen LogP contribution in [-0.4, -0.2) is 113 Å². The summed E-state index contributed by atoms with van der Waals surface area (Å²) in [6, 6.07) is 15.8. The van der Waals surface area contributed by atoms with Gasteiger partial charge in [-0.15, -0.1) is 0 Å². The molecule has 1 heterocycles. The number of hydrogen-bond donors (Lipinski definition) is 8. The molecule has 2 aliphatic rings. The van der Waals surface area contributed by atoms with E-state index in [1.54, 1.807) is 12.1 Å². The quantitative estimate of drug-likeness (QED) is 0.0151. The number of amides is 3. The molecule has 2 aromatic carbocycles. The Morgan fingerprint density at radius 1 is 0.607 bits per heavy atom. The lowest BCUT2D eigenvalue weighted by Gasteiger charge is -2.18. The van der Waals surface area contributed by atoms with Gasteiger partial charge in [-0.25, -0.2) is 22.8 Å². The summed E-state index contributed by atoms with van der Waals surface area (Å²) < 4.78 is 33.5. The fourth-order valence-electron chi connectivity index (χ4n) is 10.0. The lowest BCUT2D eigenvalue weighted by Crippen LogP contribution is -2.51. The van der Waals surface area contributed by atoms with E-state index in [4.69, 9.17) is 14.5 Å². The topological polar surface area (TPSA) is 325 Å². The fourth-order valence-corrected chi connectivity index (χ4v) is 11.4. The van der Waals surface area contributed by atoms with Crippen molar-refractivity contribution in [2.24, 2.45) is 10.9 Å². The van der Waals surface area contributed by atoms with Gasteiger partial charge in [-0.2, -0.15) is 0 Å². The summed E-state index contributed by atoms with van der Waals surface area (Å²) in [5.41, 5.74) is 4.60. The Balaban J connectivity index is 1.05. The molecule has 4 rings (SSSR count). The van der Waals surface area contributed by atoms with Crippen LogP contribution in [0.25, 0.3) is 33.4 Å². The molecule has 0 saturated carbocycles. The Hall–Kier alpha value is -7.00. The number of carbonyl (C=O) groups is 8. The van der Waals surface area contributed by atoms with Crippen molar-refractivity contribution in [2.45, 2.75) is 211 Å². The van der Waals surface area contributed by atoms with E-state index in [1.165, 1.54) is 0 Å². The molecule has 0 radical (unpaired) electrons. The number of nitrogens with zero attached hydrogens (tertiary/aromatic N) is 1. The van der Waals surface area contributed by atoms with E-state index in [9.17, 15) is 62.1 Å². The molecule has 8 N–H and O–H groups in total. The van der Waals surface area contributed by atoms with Gasteiger partial charge in [0.1, 0.15) is 35.0 Å². The highest BCUT2D eigenvalue weighted by molar-refractivity contribution is 7.91. The summed E-state index contributed by atoms with van der Waals surface area (Å²) in [6.45, 7) is 9.48. The number of rotatable bonds is 43. The molecular formula is C63H89N5O15S. The highest BCUT2D eigenvalue weighted by Gasteiger charge is 2.26. The van der Waals surface area contributed by atoms with Crippen LogP contribution in [0, 0.1) is 5.92 Å². The normalized spacial score (nSPS) is 13.6. The molecule has 0 aromatic heterocycles. The van der Waals surface area contributed by atoms with E-state index in [-0.39, 0.29) is 78.9 Å². The van der Waals surface area contributed by atoms with Gasteiger partial charge in [-0.05, 0) is 132 Å². The van der Waals surface area contributed by atoms with Crippen molar-refractivity contribution in [2.75, 3.05) is 18.8 Å². The predicted molar refractivity (Wildman–Crippen MR) is 320 cm³/mol. The van der Waals surface area contributed by atoms with Gasteiger partial charge in [-0.3, -0.25) is 29.0 Å². The minimum Gasteiger partial charge on any atom is -0.481 e. The molecule has 20 nitrogen and oxygen atoms in total. The molecule has 0 bridgehead atoms. The number of ketones is 2. The predicted octanol–water partition coefficient (Wildman–Crippen LogP) is 10.6. The van der Waals surface area contributed by atoms with Gasteiger partial charge < -0.3 is 46.1 Å². The van der Waals surface area contributed by atoms with E-state index in [0.29, 0.717) is 89.2 Å². The van der Waals surface area contributed by atoms with E-state index in [0.717, 1.165) is 77.2 Å². The minimum absolute atomic E-state index is 0.00631. The smallest absolute Gasteiger partial charge is 0.326 e. The molecule has 1 aliphatic carbocycles. The van der Waals surface area contributed by atoms with Gasteiger partial charge in [0.2, 0.25) is 5.91 Å². The number of carbonyl (C=O) groups excluding carboxylic acids is 4. The number of sulfone groups is 1. The average Bonchev–Trinajstić information content (AvgIpc) is 3.34. The van der Waals surface area contributed by atoms with E-state index >= 15 is 0 Å². The number of fused-ring (bicyclic) bond motifs is 2. The third-order valence-corrected chi connectivity index (χ3v) is 16.9. The van der Waals surface area contributed by atoms with Crippen molar-refractivity contribution >= 4 is 68.2 Å². The van der Waals surface area contributed by atoms with Gasteiger partial charge in [0.05, 0.1) is 21.9 Å². The molecule has 1 aliphatic heterocycles. The number of nitrogens with one attached hydrogen (secondary N) is 4. The molecule has 0 spiro atoms. The molecule has 5 atom stereocenters. The van der Waals surface area contributed by atoms with Crippen molar-refractivity contribution < 1.29 is 71.6 Å². The standard InChI is InChI=1S/C63H89N5O15S/c1-5-42(3)66-47-30-34-52-56(41-47)83-55-40-45(43(4)64-6-2)29-33-51(55)59(52)44-27-31-50(32-28-44)84(81,82)38-20-11-7-8-14-22-48(69)23-16-12-13-21-46(60(74)75)39-49(70)24-15-9-10-17-26-57(71)65-37-19-18-25-53(61(76)77)67-63(80)68-54(62(78)79)35-36-58(72)73/h27-34,40-43,46,53-54,64H,5-26,35-39H2,1-4H3,(H,65,71)(H,72,73)(H,74,75)(H,76,77)(H,78,79)(H2,67,68,80)/t42?,43?,46?,53-,54-/m0/s1. The van der Waals surface area contributed by atoms with Gasteiger partial charge in [0.15, 0.2) is 9.84 Å². The monoisotopic (exact) mass is 1190 g/mol. The maximum absolute atomic E-state index is 13.5. The summed E-state index contributed by atoms with van der Waals surface area (Å²) in [4.78, 5) is 100. The zero-order chi connectivity index (χ0) is 61.6. The summed E-state index contributed by atoms with van der Waals surface area (Å²) in [7, 11) is -3.53. The van der Waals surface area contributed by atoms with Crippen LogP contribution < -0.4 is 26.6 Å². The molecule has 462 valence electrons. The number of carboxylic acids is 4. The zero-order valence-corrected chi connectivity index (χ0v) is 50.2. The van der Waals surface area contributed by atoms with Crippen LogP contribution in [0.4, 0.5) is 4.79 Å². The number of carboxylic acid groups (broad SMARTS) is 4. The minimum atomic E-state index is -3.53. The summed E-state index contributed by atoms with van der Waals surface area (Å²) >= 11 is 0. The Morgan fingerprint density at radius 2 is 1.20 bits per heavy atom. The van der Waals surface area contributed by atoms with Gasteiger partial charge in [0, 0.05) is 79.7 Å². The first-order valence-electron chi connectivity index (χ1n) is 30.0. The second-order valence-corrected chi connectivity index (χ2v) is 24.1. The van der Waals surface area contributed by atoms with E-state index in [1.807, 2.05) is 30.3 Å². The second-order valence-electron chi connectivity index (χ2n) is 21.9. The number of urea groups is 1. The highest BCUT2D eigenvalue weighted by Crippen LogP contribution is 2.41. The number of Topliss-reactive ketones (excluding diaryl/α,β-unsaturated/α-hetero) is 2. The maximum Gasteiger partial charge on any atom is 0.326 e. The molecule has 0 fully saturated rings. The van der Waals surface area contributed by atoms with E-state index < -0.39 is 64.2 Å². The van der Waals surface area contributed by atoms with Crippen molar-refractivity contribution in [3.63, 3.8) is 0 Å². The Bertz CT molecular complexity index is 2960. The first kappa shape index (κ1) is 69.5. The van der Waals surface area contributed by atoms with Crippen molar-refractivity contribution in [1.82, 2.24) is 21.3 Å². The SMILES string of the molecule is CCNC(C)c1ccc2c(-c3ccc(S(=O)(=O)CCCCCCCC(=O)CCCCCC(CC(=O)CCCCCCC(=O)NCCCC[C@H](NC(=O)N[C@@H](CCC(=O)O)C(=O)O)C(=O)O)C(=O)O)cc3)c3ccc(=NC(C)CC)cc-3oc2c1. The molecule has 0 saturated heterocycles. The summed E-state index contributed by atoms with van der Waals surface area (Å²) in [5.74, 6) is -5.28. The summed E-state index contributed by atoms with van der Waals surface area (Å²) in [6.07, 6.45) is 10.5. The number of benzene rings is 3. The Morgan fingerprint density at radius 3 is 1.82 bits per heavy atom. The lowest BCUT2D eigenvalue weighted by molar-refractivity contribution is -0.144. The zero-order valence-electron chi connectivity index (χ0n) is 49.4. The first-order chi connectivity index (χ1) is 40.1. The Labute approximate surface area is 493 Å². The van der Waals surface area contributed by atoms with Crippen LogP contribution >= 0.6 is 0 Å². The van der Waals surface area contributed by atoms with Gasteiger partial charge in [-0.1, -0.05) is 83.1 Å². The van der Waals surface area contributed by atoms with Crippen LogP contribution in [0.15, 0.2) is 75.0 Å². The Kier molecular flexibility index (Phi) is 30.3. The largest absolute Gasteiger partial charge is 0.481 e. The third kappa shape index (κ3) is 24.7. The van der Waals surface area contributed by atoms with Crippen LogP contribution in [0.5, 0.6) is 0 Å². The van der Waals surface area contributed by atoms with Crippen LogP contribution in [0.2, 0.25) is 0 Å². The van der Waals surface area contributed by atoms with Crippen molar-refractivity contribution in [3.8, 4) is 22.5 Å². The van der Waals surface area contributed by atoms with Crippen LogP contribution in [-0.2, 0) is 43.4 Å². The maximum atomic E-state index is 13.5. The molecule has 2 aromatic rings. The molecule has 21 heteroatoms. The van der Waals surface area contributed by atoms with Crippen molar-refractivity contribution in [1.29, 1.82) is 0 Å². The third-order valence-electron chi connectivity index (χ3n) is 15.1. The van der Waals surface area contributed by atoms with Crippen LogP contribution in [0.1, 0.15) is 193 Å².